The smallest absolute Gasteiger partial charge is 0.157 e. The quantitative estimate of drug-likeness (QED) is 0.0709. The fraction of sp³-hybridized carbons (Fsp3) is 0.786. The molecular formula is C28H52O2. The molecule has 0 spiro atoms. The van der Waals surface area contributed by atoms with Gasteiger partial charge in [0.25, 0.3) is 0 Å². The van der Waals surface area contributed by atoms with Crippen LogP contribution in [-0.4, -0.2) is 19.5 Å². The van der Waals surface area contributed by atoms with Crippen LogP contribution < -0.4 is 0 Å². The molecule has 0 saturated carbocycles. The normalized spacial score (nSPS) is 12.4. The molecular weight excluding hydrogens is 368 g/mol. The van der Waals surface area contributed by atoms with Crippen LogP contribution in [0.3, 0.4) is 0 Å². The van der Waals surface area contributed by atoms with Crippen molar-refractivity contribution in [3.05, 3.63) is 36.5 Å². The molecule has 0 aliphatic heterocycles. The summed E-state index contributed by atoms with van der Waals surface area (Å²) in [5.74, 6) is 0. The van der Waals surface area contributed by atoms with Gasteiger partial charge in [-0.2, -0.15) is 0 Å². The molecule has 0 N–H and O–H groups in total. The third-order valence-electron chi connectivity index (χ3n) is 5.20. The van der Waals surface area contributed by atoms with E-state index in [0.717, 1.165) is 38.9 Å². The summed E-state index contributed by atoms with van der Waals surface area (Å²) in [7, 11) is 0. The Kier molecular flexibility index (Phi) is 25.4. The summed E-state index contributed by atoms with van der Waals surface area (Å²) in [4.78, 5) is 0. The van der Waals surface area contributed by atoms with Crippen molar-refractivity contribution in [2.45, 2.75) is 130 Å². The highest BCUT2D eigenvalue weighted by Gasteiger charge is 2.09. The summed E-state index contributed by atoms with van der Waals surface area (Å²) in [6.45, 7) is 8.37. The second-order valence-corrected chi connectivity index (χ2v) is 8.24. The second-order valence-electron chi connectivity index (χ2n) is 8.24. The van der Waals surface area contributed by atoms with Crippen LogP contribution >= 0.6 is 0 Å². The molecule has 0 aliphatic rings. The van der Waals surface area contributed by atoms with E-state index in [-0.39, 0.29) is 6.29 Å². The molecule has 0 rings (SSSR count). The van der Waals surface area contributed by atoms with Gasteiger partial charge in [0.2, 0.25) is 0 Å². The van der Waals surface area contributed by atoms with Crippen LogP contribution in [0.4, 0.5) is 0 Å². The molecule has 2 nitrogen and oxygen atoms in total. The van der Waals surface area contributed by atoms with E-state index in [1.165, 1.54) is 77.0 Å². The molecule has 0 amide bonds. The zero-order valence-corrected chi connectivity index (χ0v) is 20.6. The van der Waals surface area contributed by atoms with E-state index >= 15 is 0 Å². The Labute approximate surface area is 189 Å². The van der Waals surface area contributed by atoms with Gasteiger partial charge in [-0.05, 0) is 57.8 Å². The van der Waals surface area contributed by atoms with Crippen LogP contribution in [0.1, 0.15) is 124 Å². The Balaban J connectivity index is 3.80. The fourth-order valence-corrected chi connectivity index (χ4v) is 3.27. The van der Waals surface area contributed by atoms with E-state index in [2.05, 4.69) is 57.2 Å². The maximum Gasteiger partial charge on any atom is 0.157 e. The molecule has 176 valence electrons. The summed E-state index contributed by atoms with van der Waals surface area (Å²) in [5.41, 5.74) is 0. The first-order valence-electron chi connectivity index (χ1n) is 13.0. The maximum atomic E-state index is 6.05. The molecule has 0 aromatic heterocycles. The SMILES string of the molecule is CC/C=C/C=C\CC/C=C\CCCCCC(OCCCCCC)OCCCCCC. The van der Waals surface area contributed by atoms with Gasteiger partial charge in [0.05, 0.1) is 0 Å². The second kappa shape index (κ2) is 26.2. The topological polar surface area (TPSA) is 18.5 Å². The van der Waals surface area contributed by atoms with Gasteiger partial charge in [0.15, 0.2) is 6.29 Å². The monoisotopic (exact) mass is 420 g/mol. The van der Waals surface area contributed by atoms with Crippen molar-refractivity contribution in [3.63, 3.8) is 0 Å². The molecule has 0 saturated heterocycles. The minimum Gasteiger partial charge on any atom is -0.353 e. The van der Waals surface area contributed by atoms with E-state index in [4.69, 9.17) is 9.47 Å². The zero-order chi connectivity index (χ0) is 22.0. The maximum absolute atomic E-state index is 6.05. The molecule has 30 heavy (non-hydrogen) atoms. The number of hydrogen-bond acceptors (Lipinski definition) is 2. The highest BCUT2D eigenvalue weighted by atomic mass is 16.7. The summed E-state index contributed by atoms with van der Waals surface area (Å²) >= 11 is 0. The first-order chi connectivity index (χ1) is 14.8. The predicted molar refractivity (Wildman–Crippen MR) is 134 cm³/mol. The molecule has 2 heteroatoms. The summed E-state index contributed by atoms with van der Waals surface area (Å²) in [6, 6.07) is 0. The molecule has 0 aromatic rings. The Morgan fingerprint density at radius 3 is 1.73 bits per heavy atom. The van der Waals surface area contributed by atoms with Crippen molar-refractivity contribution >= 4 is 0 Å². The highest BCUT2D eigenvalue weighted by molar-refractivity contribution is 5.02. The molecule has 0 unspecified atom stereocenters. The first-order valence-corrected chi connectivity index (χ1v) is 13.0. The van der Waals surface area contributed by atoms with Gasteiger partial charge in [-0.3, -0.25) is 0 Å². The van der Waals surface area contributed by atoms with E-state index in [0.29, 0.717) is 0 Å². The average molecular weight is 421 g/mol. The van der Waals surface area contributed by atoms with Crippen LogP contribution in [0, 0.1) is 0 Å². The van der Waals surface area contributed by atoms with E-state index in [1.807, 2.05) is 0 Å². The standard InChI is InChI=1S/C28H52O2/c1-4-7-10-13-14-15-16-17-18-19-20-21-22-25-28(29-26-23-11-8-5-2)30-27-24-12-9-6-3/h7,10,13-14,17-18,28H,4-6,8-9,11-12,15-16,19-27H2,1-3H3/b10-7+,14-13-,18-17-. The number of hydrogen-bond donors (Lipinski definition) is 0. The lowest BCUT2D eigenvalue weighted by Gasteiger charge is -2.19. The summed E-state index contributed by atoms with van der Waals surface area (Å²) < 4.78 is 12.1. The Bertz CT molecular complexity index is 383. The Hall–Kier alpha value is -0.860. The van der Waals surface area contributed by atoms with Crippen molar-refractivity contribution in [2.75, 3.05) is 13.2 Å². The van der Waals surface area contributed by atoms with Gasteiger partial charge in [-0.1, -0.05) is 102 Å². The third-order valence-corrected chi connectivity index (χ3v) is 5.20. The van der Waals surface area contributed by atoms with Crippen LogP contribution in [0.2, 0.25) is 0 Å². The molecule has 0 fully saturated rings. The van der Waals surface area contributed by atoms with Gasteiger partial charge >= 0.3 is 0 Å². The van der Waals surface area contributed by atoms with Gasteiger partial charge in [0, 0.05) is 13.2 Å². The van der Waals surface area contributed by atoms with Gasteiger partial charge < -0.3 is 9.47 Å². The molecule has 0 aromatic carbocycles. The minimum atomic E-state index is 0.0114. The van der Waals surface area contributed by atoms with Gasteiger partial charge in [-0.15, -0.1) is 0 Å². The molecule has 0 aliphatic carbocycles. The molecule has 0 atom stereocenters. The van der Waals surface area contributed by atoms with Crippen molar-refractivity contribution in [3.8, 4) is 0 Å². The lowest BCUT2D eigenvalue weighted by Crippen LogP contribution is -2.19. The van der Waals surface area contributed by atoms with Crippen LogP contribution in [-0.2, 0) is 9.47 Å². The summed E-state index contributed by atoms with van der Waals surface area (Å²) in [5, 5.41) is 0. The van der Waals surface area contributed by atoms with Crippen molar-refractivity contribution in [1.29, 1.82) is 0 Å². The third kappa shape index (κ3) is 23.4. The Morgan fingerprint density at radius 2 is 1.10 bits per heavy atom. The van der Waals surface area contributed by atoms with Crippen LogP contribution in [0.25, 0.3) is 0 Å². The largest absolute Gasteiger partial charge is 0.353 e. The van der Waals surface area contributed by atoms with Crippen molar-refractivity contribution < 1.29 is 9.47 Å². The van der Waals surface area contributed by atoms with E-state index in [1.54, 1.807) is 0 Å². The number of rotatable bonds is 23. The number of ether oxygens (including phenoxy) is 2. The number of allylic oxidation sites excluding steroid dienone is 6. The highest BCUT2D eigenvalue weighted by Crippen LogP contribution is 2.13. The average Bonchev–Trinajstić information content (AvgIpc) is 2.76. The Morgan fingerprint density at radius 1 is 0.533 bits per heavy atom. The van der Waals surface area contributed by atoms with Crippen molar-refractivity contribution in [2.24, 2.45) is 0 Å². The van der Waals surface area contributed by atoms with Crippen LogP contribution in [0.15, 0.2) is 36.5 Å². The molecule has 0 bridgehead atoms. The number of unbranched alkanes of at least 4 members (excludes halogenated alkanes) is 10. The fourth-order valence-electron chi connectivity index (χ4n) is 3.27. The van der Waals surface area contributed by atoms with E-state index in [9.17, 15) is 0 Å². The predicted octanol–water partition coefficient (Wildman–Crippen LogP) is 9.32. The lowest BCUT2D eigenvalue weighted by atomic mass is 10.1. The van der Waals surface area contributed by atoms with E-state index < -0.39 is 0 Å². The van der Waals surface area contributed by atoms with Crippen LogP contribution in [0.5, 0.6) is 0 Å². The minimum absolute atomic E-state index is 0.0114. The summed E-state index contributed by atoms with van der Waals surface area (Å²) in [6.07, 6.45) is 32.9. The lowest BCUT2D eigenvalue weighted by molar-refractivity contribution is -0.148. The zero-order valence-electron chi connectivity index (χ0n) is 20.6. The molecule has 0 radical (unpaired) electrons. The van der Waals surface area contributed by atoms with Gasteiger partial charge in [0.1, 0.15) is 0 Å². The first kappa shape index (κ1) is 29.1. The van der Waals surface area contributed by atoms with Gasteiger partial charge in [-0.25, -0.2) is 0 Å². The van der Waals surface area contributed by atoms with Crippen molar-refractivity contribution in [1.82, 2.24) is 0 Å². The molecule has 0 heterocycles.